The molecule has 102 valence electrons. The lowest BCUT2D eigenvalue weighted by atomic mass is 10.1. The highest BCUT2D eigenvalue weighted by molar-refractivity contribution is 5.07. The summed E-state index contributed by atoms with van der Waals surface area (Å²) < 4.78 is 27.6. The molecule has 0 aliphatic rings. The van der Waals surface area contributed by atoms with Gasteiger partial charge in [0.2, 0.25) is 0 Å². The molecule has 0 spiro atoms. The van der Waals surface area contributed by atoms with Crippen molar-refractivity contribution in [2.24, 2.45) is 0 Å². The van der Waals surface area contributed by atoms with Crippen LogP contribution in [0.15, 0.2) is 12.3 Å². The summed E-state index contributed by atoms with van der Waals surface area (Å²) in [4.78, 5) is 7.92. The van der Waals surface area contributed by atoms with Gasteiger partial charge in [0.05, 0.1) is 5.69 Å². The van der Waals surface area contributed by atoms with Gasteiger partial charge in [-0.25, -0.2) is 18.7 Å². The molecule has 0 saturated heterocycles. The van der Waals surface area contributed by atoms with E-state index >= 15 is 0 Å². The molecule has 1 rings (SSSR count). The maximum Gasteiger partial charge on any atom is 0.162 e. The third kappa shape index (κ3) is 4.67. The quantitative estimate of drug-likeness (QED) is 0.662. The zero-order valence-corrected chi connectivity index (χ0v) is 11.2. The van der Waals surface area contributed by atoms with Crippen LogP contribution in [0.4, 0.5) is 8.78 Å². The summed E-state index contributed by atoms with van der Waals surface area (Å²) in [6.45, 7) is 4.02. The zero-order chi connectivity index (χ0) is 13.4. The standard InChI is InChI=1S/C14H22F2N2/c1-3-5-7-11(15)13-9-10-17-14(18-13)12(16)8-6-4-2/h9-12H,3-8H2,1-2H3. The van der Waals surface area contributed by atoms with E-state index in [0.29, 0.717) is 18.5 Å². The summed E-state index contributed by atoms with van der Waals surface area (Å²) in [5.74, 6) is 0.125. The van der Waals surface area contributed by atoms with Crippen molar-refractivity contribution in [3.8, 4) is 0 Å². The topological polar surface area (TPSA) is 25.8 Å². The maximum atomic E-state index is 13.8. The van der Waals surface area contributed by atoms with Gasteiger partial charge in [-0.15, -0.1) is 0 Å². The molecular weight excluding hydrogens is 234 g/mol. The number of aromatic nitrogens is 2. The summed E-state index contributed by atoms with van der Waals surface area (Å²) in [5.41, 5.74) is 0.313. The van der Waals surface area contributed by atoms with Crippen LogP contribution in [0.2, 0.25) is 0 Å². The van der Waals surface area contributed by atoms with Crippen LogP contribution in [0.5, 0.6) is 0 Å². The molecule has 0 bridgehead atoms. The summed E-state index contributed by atoms with van der Waals surface area (Å²) in [6, 6.07) is 1.54. The Morgan fingerprint density at radius 1 is 1.06 bits per heavy atom. The number of halogens is 2. The minimum absolute atomic E-state index is 0.125. The average molecular weight is 256 g/mol. The van der Waals surface area contributed by atoms with Crippen LogP contribution in [0, 0.1) is 0 Å². The van der Waals surface area contributed by atoms with Gasteiger partial charge in [-0.2, -0.15) is 0 Å². The lowest BCUT2D eigenvalue weighted by molar-refractivity contribution is 0.287. The Morgan fingerprint density at radius 2 is 1.67 bits per heavy atom. The van der Waals surface area contributed by atoms with Crippen molar-refractivity contribution < 1.29 is 8.78 Å². The normalized spacial score (nSPS) is 14.4. The highest BCUT2D eigenvalue weighted by Crippen LogP contribution is 2.25. The average Bonchev–Trinajstić information content (AvgIpc) is 2.42. The van der Waals surface area contributed by atoms with Gasteiger partial charge in [-0.3, -0.25) is 0 Å². The molecule has 2 nitrogen and oxygen atoms in total. The predicted molar refractivity (Wildman–Crippen MR) is 68.8 cm³/mol. The molecule has 0 aromatic carbocycles. The van der Waals surface area contributed by atoms with Gasteiger partial charge < -0.3 is 0 Å². The van der Waals surface area contributed by atoms with Gasteiger partial charge in [0, 0.05) is 6.20 Å². The lowest BCUT2D eigenvalue weighted by Gasteiger charge is -2.10. The van der Waals surface area contributed by atoms with Gasteiger partial charge in [0.25, 0.3) is 0 Å². The molecule has 0 N–H and O–H groups in total. The van der Waals surface area contributed by atoms with E-state index in [-0.39, 0.29) is 5.82 Å². The van der Waals surface area contributed by atoms with E-state index in [1.807, 2.05) is 13.8 Å². The Balaban J connectivity index is 2.66. The molecule has 2 atom stereocenters. The molecule has 0 fully saturated rings. The molecule has 1 aromatic heterocycles. The highest BCUT2D eigenvalue weighted by atomic mass is 19.1. The summed E-state index contributed by atoms with van der Waals surface area (Å²) in [6.07, 6.45) is 3.51. The molecule has 0 aliphatic carbocycles. The van der Waals surface area contributed by atoms with Gasteiger partial charge in [0.15, 0.2) is 12.0 Å². The Labute approximate surface area is 108 Å². The molecule has 0 amide bonds. The Hall–Kier alpha value is -1.06. The molecular formula is C14H22F2N2. The highest BCUT2D eigenvalue weighted by Gasteiger charge is 2.16. The van der Waals surface area contributed by atoms with Crippen molar-refractivity contribution in [1.82, 2.24) is 9.97 Å². The van der Waals surface area contributed by atoms with E-state index in [1.165, 1.54) is 12.3 Å². The van der Waals surface area contributed by atoms with E-state index < -0.39 is 12.3 Å². The van der Waals surface area contributed by atoms with Crippen LogP contribution in [-0.4, -0.2) is 9.97 Å². The number of rotatable bonds is 8. The van der Waals surface area contributed by atoms with E-state index in [9.17, 15) is 8.78 Å². The first-order chi connectivity index (χ1) is 8.69. The van der Waals surface area contributed by atoms with Crippen molar-refractivity contribution in [2.45, 2.75) is 64.7 Å². The first-order valence-corrected chi connectivity index (χ1v) is 6.80. The van der Waals surface area contributed by atoms with Gasteiger partial charge in [0.1, 0.15) is 6.17 Å². The fourth-order valence-corrected chi connectivity index (χ4v) is 1.76. The van der Waals surface area contributed by atoms with Crippen molar-refractivity contribution in [1.29, 1.82) is 0 Å². The Bertz CT molecular complexity index is 315. The van der Waals surface area contributed by atoms with Crippen molar-refractivity contribution in [2.75, 3.05) is 0 Å². The van der Waals surface area contributed by atoms with Crippen LogP contribution < -0.4 is 0 Å². The van der Waals surface area contributed by atoms with Gasteiger partial charge in [-0.05, 0) is 18.9 Å². The van der Waals surface area contributed by atoms with E-state index in [1.54, 1.807) is 0 Å². The molecule has 0 saturated carbocycles. The third-order valence-corrected chi connectivity index (χ3v) is 2.92. The first-order valence-electron chi connectivity index (χ1n) is 6.80. The van der Waals surface area contributed by atoms with Gasteiger partial charge >= 0.3 is 0 Å². The van der Waals surface area contributed by atoms with Gasteiger partial charge in [-0.1, -0.05) is 39.5 Å². The Morgan fingerprint density at radius 3 is 2.28 bits per heavy atom. The number of alkyl halides is 2. The molecule has 0 radical (unpaired) electrons. The summed E-state index contributed by atoms with van der Waals surface area (Å²) >= 11 is 0. The molecule has 1 heterocycles. The number of hydrogen-bond donors (Lipinski definition) is 0. The fraction of sp³-hybridized carbons (Fsp3) is 0.714. The lowest BCUT2D eigenvalue weighted by Crippen LogP contribution is -2.04. The number of nitrogens with zero attached hydrogens (tertiary/aromatic N) is 2. The van der Waals surface area contributed by atoms with Crippen LogP contribution in [0.1, 0.15) is 76.2 Å². The monoisotopic (exact) mass is 256 g/mol. The van der Waals surface area contributed by atoms with Crippen LogP contribution in [0.25, 0.3) is 0 Å². The second-order valence-corrected chi connectivity index (χ2v) is 4.56. The molecule has 2 unspecified atom stereocenters. The maximum absolute atomic E-state index is 13.8. The molecule has 4 heteroatoms. The number of unbranched alkanes of at least 4 members (excludes halogenated alkanes) is 2. The first kappa shape index (κ1) is 15.0. The predicted octanol–water partition coefficient (Wildman–Crippen LogP) is 4.88. The summed E-state index contributed by atoms with van der Waals surface area (Å²) in [5, 5.41) is 0. The van der Waals surface area contributed by atoms with Crippen LogP contribution in [0.3, 0.4) is 0 Å². The third-order valence-electron chi connectivity index (χ3n) is 2.92. The second kappa shape index (κ2) is 8.11. The smallest absolute Gasteiger partial charge is 0.162 e. The molecule has 18 heavy (non-hydrogen) atoms. The fourth-order valence-electron chi connectivity index (χ4n) is 1.76. The van der Waals surface area contributed by atoms with Crippen molar-refractivity contribution in [3.05, 3.63) is 23.8 Å². The minimum atomic E-state index is -1.18. The van der Waals surface area contributed by atoms with Crippen LogP contribution >= 0.6 is 0 Å². The largest absolute Gasteiger partial charge is 0.241 e. The second-order valence-electron chi connectivity index (χ2n) is 4.56. The Kier molecular flexibility index (Phi) is 6.76. The number of hydrogen-bond acceptors (Lipinski definition) is 2. The summed E-state index contributed by atoms with van der Waals surface area (Å²) in [7, 11) is 0. The van der Waals surface area contributed by atoms with Crippen molar-refractivity contribution in [3.63, 3.8) is 0 Å². The SMILES string of the molecule is CCCCC(F)c1ccnc(C(F)CCCC)n1. The minimum Gasteiger partial charge on any atom is -0.241 e. The van der Waals surface area contributed by atoms with E-state index in [0.717, 1.165) is 25.7 Å². The van der Waals surface area contributed by atoms with E-state index in [2.05, 4.69) is 9.97 Å². The molecule has 1 aromatic rings. The van der Waals surface area contributed by atoms with Crippen LogP contribution in [-0.2, 0) is 0 Å². The van der Waals surface area contributed by atoms with Crippen molar-refractivity contribution >= 4 is 0 Å². The zero-order valence-electron chi connectivity index (χ0n) is 11.2. The molecule has 0 aliphatic heterocycles. The van der Waals surface area contributed by atoms with E-state index in [4.69, 9.17) is 0 Å².